The summed E-state index contributed by atoms with van der Waals surface area (Å²) < 4.78 is 5.76. The molecule has 1 unspecified atom stereocenters. The van der Waals surface area contributed by atoms with E-state index in [0.717, 1.165) is 11.3 Å². The van der Waals surface area contributed by atoms with Crippen LogP contribution in [0.3, 0.4) is 0 Å². The number of thiophene rings is 1. The van der Waals surface area contributed by atoms with Crippen molar-refractivity contribution in [2.75, 3.05) is 26.7 Å². The van der Waals surface area contributed by atoms with Crippen molar-refractivity contribution in [2.24, 2.45) is 0 Å². The fourth-order valence-electron chi connectivity index (χ4n) is 2.25. The smallest absolute Gasteiger partial charge is 0.234 e. The second-order valence-electron chi connectivity index (χ2n) is 5.66. The second-order valence-corrected chi connectivity index (χ2v) is 6.64. The topological polar surface area (TPSA) is 41.6 Å². The molecule has 1 N–H and O–H groups in total. The number of nitrogens with one attached hydrogen (secondary N) is 1. The molecule has 1 amide bonds. The van der Waals surface area contributed by atoms with Crippen molar-refractivity contribution in [3.05, 3.63) is 52.2 Å². The van der Waals surface area contributed by atoms with Gasteiger partial charge in [0.2, 0.25) is 5.91 Å². The van der Waals surface area contributed by atoms with Crippen LogP contribution >= 0.6 is 11.3 Å². The lowest BCUT2D eigenvalue weighted by molar-refractivity contribution is -0.122. The minimum absolute atomic E-state index is 0.0318. The van der Waals surface area contributed by atoms with Crippen molar-refractivity contribution >= 4 is 17.2 Å². The highest BCUT2D eigenvalue weighted by atomic mass is 32.1. The van der Waals surface area contributed by atoms with Crippen molar-refractivity contribution < 1.29 is 9.53 Å². The standard InChI is InChI=1S/C18H24N2O2S/c1-14-7-4-5-8-16(14)22-11-10-20(3)13-18(21)19-15(2)17-9-6-12-23-17/h4-9,12,15H,10-11,13H2,1-3H3,(H,19,21). The molecule has 1 atom stereocenters. The van der Waals surface area contributed by atoms with Crippen LogP contribution < -0.4 is 10.1 Å². The molecule has 2 rings (SSSR count). The summed E-state index contributed by atoms with van der Waals surface area (Å²) in [5.41, 5.74) is 1.12. The third-order valence-electron chi connectivity index (χ3n) is 3.59. The Labute approximate surface area is 142 Å². The predicted molar refractivity (Wildman–Crippen MR) is 95.0 cm³/mol. The Morgan fingerprint density at radius 3 is 2.78 bits per heavy atom. The molecule has 0 saturated carbocycles. The molecule has 0 radical (unpaired) electrons. The molecular formula is C18H24N2O2S. The summed E-state index contributed by atoms with van der Waals surface area (Å²) in [6, 6.07) is 12.0. The van der Waals surface area contributed by atoms with Gasteiger partial charge in [-0.1, -0.05) is 24.3 Å². The van der Waals surface area contributed by atoms with Gasteiger partial charge in [-0.25, -0.2) is 0 Å². The number of aryl methyl sites for hydroxylation is 1. The summed E-state index contributed by atoms with van der Waals surface area (Å²) in [5.74, 6) is 0.931. The number of ether oxygens (including phenoxy) is 1. The number of rotatable bonds is 8. The van der Waals surface area contributed by atoms with Crippen LogP contribution in [0.4, 0.5) is 0 Å². The molecule has 0 bridgehead atoms. The molecule has 0 aliphatic carbocycles. The Morgan fingerprint density at radius 2 is 2.09 bits per heavy atom. The quantitative estimate of drug-likeness (QED) is 0.807. The van der Waals surface area contributed by atoms with Crippen LogP contribution in [0.1, 0.15) is 23.4 Å². The zero-order chi connectivity index (χ0) is 16.7. The number of likely N-dealkylation sites (N-methyl/N-ethyl adjacent to an activating group) is 1. The zero-order valence-corrected chi connectivity index (χ0v) is 14.7. The van der Waals surface area contributed by atoms with Gasteiger partial charge in [0, 0.05) is 11.4 Å². The first-order valence-corrected chi connectivity index (χ1v) is 8.64. The number of benzene rings is 1. The molecule has 0 fully saturated rings. The maximum absolute atomic E-state index is 12.1. The third-order valence-corrected chi connectivity index (χ3v) is 4.64. The first-order valence-electron chi connectivity index (χ1n) is 7.76. The molecule has 23 heavy (non-hydrogen) atoms. The lowest BCUT2D eigenvalue weighted by atomic mass is 10.2. The number of nitrogens with zero attached hydrogens (tertiary/aromatic N) is 1. The van der Waals surface area contributed by atoms with Gasteiger partial charge in [0.05, 0.1) is 12.6 Å². The number of carbonyl (C=O) groups excluding carboxylic acids is 1. The summed E-state index contributed by atoms with van der Waals surface area (Å²) in [6.45, 7) is 5.67. The lowest BCUT2D eigenvalue weighted by Crippen LogP contribution is -2.37. The Balaban J connectivity index is 1.69. The second kappa shape index (κ2) is 8.70. The average molecular weight is 332 g/mol. The van der Waals surface area contributed by atoms with Crippen molar-refractivity contribution in [1.82, 2.24) is 10.2 Å². The van der Waals surface area contributed by atoms with E-state index in [1.165, 1.54) is 4.88 Å². The molecule has 2 aromatic rings. The Kier molecular flexibility index (Phi) is 6.62. The van der Waals surface area contributed by atoms with Crippen LogP contribution in [0, 0.1) is 6.92 Å². The Hall–Kier alpha value is -1.85. The maximum atomic E-state index is 12.1. The number of hydrogen-bond acceptors (Lipinski definition) is 4. The van der Waals surface area contributed by atoms with Gasteiger partial charge in [0.25, 0.3) is 0 Å². The maximum Gasteiger partial charge on any atom is 0.234 e. The van der Waals surface area contributed by atoms with Crippen molar-refractivity contribution in [1.29, 1.82) is 0 Å². The molecule has 0 saturated heterocycles. The van der Waals surface area contributed by atoms with E-state index in [0.29, 0.717) is 19.7 Å². The minimum Gasteiger partial charge on any atom is -0.492 e. The number of amides is 1. The largest absolute Gasteiger partial charge is 0.492 e. The Bertz CT molecular complexity index is 613. The number of carbonyl (C=O) groups is 1. The average Bonchev–Trinajstić information content (AvgIpc) is 3.03. The van der Waals surface area contributed by atoms with E-state index in [1.807, 2.05) is 67.6 Å². The van der Waals surface area contributed by atoms with Crippen LogP contribution in [0.5, 0.6) is 5.75 Å². The van der Waals surface area contributed by atoms with Crippen molar-refractivity contribution in [3.8, 4) is 5.75 Å². The minimum atomic E-state index is 0.0318. The molecule has 0 spiro atoms. The van der Waals surface area contributed by atoms with E-state index < -0.39 is 0 Å². The molecule has 124 valence electrons. The van der Waals surface area contributed by atoms with Crippen LogP contribution in [0.25, 0.3) is 0 Å². The van der Waals surface area contributed by atoms with Crippen LogP contribution in [0.15, 0.2) is 41.8 Å². The SMILES string of the molecule is Cc1ccccc1OCCN(C)CC(=O)NC(C)c1cccs1. The molecule has 1 aromatic carbocycles. The molecule has 1 aromatic heterocycles. The fraction of sp³-hybridized carbons (Fsp3) is 0.389. The first-order chi connectivity index (χ1) is 11.1. The summed E-state index contributed by atoms with van der Waals surface area (Å²) in [7, 11) is 1.93. The van der Waals surface area contributed by atoms with Gasteiger partial charge in [0.1, 0.15) is 12.4 Å². The highest BCUT2D eigenvalue weighted by Crippen LogP contribution is 2.18. The van der Waals surface area contributed by atoms with Crippen LogP contribution in [-0.4, -0.2) is 37.6 Å². The van der Waals surface area contributed by atoms with Gasteiger partial charge >= 0.3 is 0 Å². The van der Waals surface area contributed by atoms with Crippen LogP contribution in [-0.2, 0) is 4.79 Å². The first kappa shape index (κ1) is 17.5. The zero-order valence-electron chi connectivity index (χ0n) is 13.9. The third kappa shape index (κ3) is 5.69. The van der Waals surface area contributed by atoms with E-state index in [9.17, 15) is 4.79 Å². The summed E-state index contributed by atoms with van der Waals surface area (Å²) in [6.07, 6.45) is 0. The predicted octanol–water partition coefficient (Wildman–Crippen LogP) is 3.24. The normalized spacial score (nSPS) is 12.2. The molecule has 0 aliphatic heterocycles. The number of hydrogen-bond donors (Lipinski definition) is 1. The highest BCUT2D eigenvalue weighted by Gasteiger charge is 2.12. The van der Waals surface area contributed by atoms with Gasteiger partial charge in [-0.15, -0.1) is 11.3 Å². The van der Waals surface area contributed by atoms with E-state index >= 15 is 0 Å². The summed E-state index contributed by atoms with van der Waals surface area (Å²) >= 11 is 1.66. The molecule has 4 nitrogen and oxygen atoms in total. The molecular weight excluding hydrogens is 308 g/mol. The summed E-state index contributed by atoms with van der Waals surface area (Å²) in [4.78, 5) is 15.2. The van der Waals surface area contributed by atoms with E-state index in [4.69, 9.17) is 4.74 Å². The van der Waals surface area contributed by atoms with Gasteiger partial charge in [-0.2, -0.15) is 0 Å². The molecule has 0 aliphatic rings. The summed E-state index contributed by atoms with van der Waals surface area (Å²) in [5, 5.41) is 5.04. The highest BCUT2D eigenvalue weighted by molar-refractivity contribution is 7.10. The molecule has 5 heteroatoms. The van der Waals surface area contributed by atoms with Gasteiger partial charge < -0.3 is 10.1 Å². The van der Waals surface area contributed by atoms with Crippen LogP contribution in [0.2, 0.25) is 0 Å². The van der Waals surface area contributed by atoms with Gasteiger partial charge in [-0.05, 0) is 44.0 Å². The van der Waals surface area contributed by atoms with E-state index in [-0.39, 0.29) is 11.9 Å². The molecule has 1 heterocycles. The number of para-hydroxylation sites is 1. The van der Waals surface area contributed by atoms with E-state index in [1.54, 1.807) is 11.3 Å². The van der Waals surface area contributed by atoms with Crippen molar-refractivity contribution in [2.45, 2.75) is 19.9 Å². The van der Waals surface area contributed by atoms with E-state index in [2.05, 4.69) is 5.32 Å². The fourth-order valence-corrected chi connectivity index (χ4v) is 2.98. The van der Waals surface area contributed by atoms with Gasteiger partial charge in [0.15, 0.2) is 0 Å². The monoisotopic (exact) mass is 332 g/mol. The van der Waals surface area contributed by atoms with Crippen molar-refractivity contribution in [3.63, 3.8) is 0 Å². The van der Waals surface area contributed by atoms with Gasteiger partial charge in [-0.3, -0.25) is 9.69 Å². The Morgan fingerprint density at radius 1 is 1.30 bits per heavy atom. The lowest BCUT2D eigenvalue weighted by Gasteiger charge is -2.19.